The van der Waals surface area contributed by atoms with Gasteiger partial charge in [0.05, 0.1) is 35.2 Å². The van der Waals surface area contributed by atoms with Crippen LogP contribution in [0.2, 0.25) is 10.2 Å². The number of hydrogen-bond donors (Lipinski definition) is 1. The van der Waals surface area contributed by atoms with Crippen molar-refractivity contribution in [1.29, 1.82) is 0 Å². The van der Waals surface area contributed by atoms with Crippen molar-refractivity contribution in [2.75, 3.05) is 5.32 Å². The second-order valence-corrected chi connectivity index (χ2v) is 5.29. The number of anilines is 1. The molecule has 0 spiro atoms. The third-order valence-electron chi connectivity index (χ3n) is 2.83. The molecule has 0 saturated carbocycles. The van der Waals surface area contributed by atoms with E-state index in [4.69, 9.17) is 23.2 Å². The lowest BCUT2D eigenvalue weighted by Gasteiger charge is -2.08. The van der Waals surface area contributed by atoms with E-state index in [1.54, 1.807) is 12.3 Å². The van der Waals surface area contributed by atoms with Crippen molar-refractivity contribution in [3.8, 4) is 0 Å². The molecule has 0 atom stereocenters. The zero-order valence-electron chi connectivity index (χ0n) is 9.89. The SMILES string of the molecule is Cn1c(Cl)cnc1CNc1c(Cl)ccc2nsnc12. The van der Waals surface area contributed by atoms with Crippen LogP contribution in [0.5, 0.6) is 0 Å². The molecule has 0 amide bonds. The van der Waals surface area contributed by atoms with Crippen molar-refractivity contribution in [3.63, 3.8) is 0 Å². The van der Waals surface area contributed by atoms with E-state index in [9.17, 15) is 0 Å². The highest BCUT2D eigenvalue weighted by Gasteiger charge is 2.11. The molecular formula is C11H9Cl2N5S. The molecule has 0 aliphatic carbocycles. The Balaban J connectivity index is 1.91. The molecule has 0 bridgehead atoms. The lowest BCUT2D eigenvalue weighted by atomic mass is 10.2. The molecular weight excluding hydrogens is 305 g/mol. The molecule has 0 aliphatic heterocycles. The Hall–Kier alpha value is -1.37. The topological polar surface area (TPSA) is 55.6 Å². The summed E-state index contributed by atoms with van der Waals surface area (Å²) in [5.41, 5.74) is 2.37. The molecule has 0 fully saturated rings. The molecule has 98 valence electrons. The molecule has 0 radical (unpaired) electrons. The van der Waals surface area contributed by atoms with Crippen LogP contribution in [0.1, 0.15) is 5.82 Å². The van der Waals surface area contributed by atoms with Crippen molar-refractivity contribution in [2.24, 2.45) is 7.05 Å². The first-order valence-electron chi connectivity index (χ1n) is 5.47. The number of fused-ring (bicyclic) bond motifs is 1. The van der Waals surface area contributed by atoms with Gasteiger partial charge in [0.1, 0.15) is 22.0 Å². The molecule has 1 N–H and O–H groups in total. The molecule has 2 heterocycles. The van der Waals surface area contributed by atoms with Crippen LogP contribution in [0, 0.1) is 0 Å². The summed E-state index contributed by atoms with van der Waals surface area (Å²) >= 11 is 13.3. The van der Waals surface area contributed by atoms with Crippen LogP contribution >= 0.6 is 34.9 Å². The average Bonchev–Trinajstić information content (AvgIpc) is 2.98. The largest absolute Gasteiger partial charge is 0.375 e. The molecule has 3 rings (SSSR count). The number of nitrogens with one attached hydrogen (secondary N) is 1. The van der Waals surface area contributed by atoms with Crippen LogP contribution in [0.25, 0.3) is 11.0 Å². The quantitative estimate of drug-likeness (QED) is 0.805. The fourth-order valence-corrected chi connectivity index (χ4v) is 2.66. The molecule has 0 unspecified atom stereocenters. The maximum Gasteiger partial charge on any atom is 0.129 e. The van der Waals surface area contributed by atoms with E-state index in [-0.39, 0.29) is 0 Å². The summed E-state index contributed by atoms with van der Waals surface area (Å²) in [5, 5.41) is 4.45. The predicted octanol–water partition coefficient (Wildman–Crippen LogP) is 3.34. The van der Waals surface area contributed by atoms with Gasteiger partial charge in [-0.3, -0.25) is 0 Å². The van der Waals surface area contributed by atoms with Gasteiger partial charge in [-0.05, 0) is 12.1 Å². The Morgan fingerprint density at radius 2 is 2.16 bits per heavy atom. The number of benzene rings is 1. The smallest absolute Gasteiger partial charge is 0.129 e. The van der Waals surface area contributed by atoms with Gasteiger partial charge >= 0.3 is 0 Å². The number of imidazole rings is 1. The van der Waals surface area contributed by atoms with Gasteiger partial charge < -0.3 is 9.88 Å². The van der Waals surface area contributed by atoms with Crippen molar-refractivity contribution >= 4 is 51.7 Å². The van der Waals surface area contributed by atoms with E-state index in [2.05, 4.69) is 19.0 Å². The summed E-state index contributed by atoms with van der Waals surface area (Å²) in [7, 11) is 1.86. The summed E-state index contributed by atoms with van der Waals surface area (Å²) in [6.45, 7) is 0.513. The number of nitrogens with zero attached hydrogens (tertiary/aromatic N) is 4. The second kappa shape index (κ2) is 4.96. The normalized spacial score (nSPS) is 11.1. The van der Waals surface area contributed by atoms with Crippen LogP contribution in [0.15, 0.2) is 18.3 Å². The molecule has 8 heteroatoms. The van der Waals surface area contributed by atoms with Gasteiger partial charge in [0.2, 0.25) is 0 Å². The lowest BCUT2D eigenvalue weighted by Crippen LogP contribution is -2.06. The Bertz CT molecular complexity index is 736. The molecule has 1 aromatic carbocycles. The van der Waals surface area contributed by atoms with Crippen molar-refractivity contribution in [3.05, 3.63) is 34.3 Å². The maximum atomic E-state index is 6.19. The van der Waals surface area contributed by atoms with Crippen LogP contribution < -0.4 is 5.32 Å². The van der Waals surface area contributed by atoms with Gasteiger partial charge in [-0.25, -0.2) is 4.98 Å². The standard InChI is InChI=1S/C11H9Cl2N5S/c1-18-8(13)4-14-9(18)5-15-10-6(12)2-3-7-11(10)17-19-16-7/h2-4,15H,5H2,1H3. The summed E-state index contributed by atoms with van der Waals surface area (Å²) < 4.78 is 10.2. The van der Waals surface area contributed by atoms with Gasteiger partial charge in [-0.15, -0.1) is 0 Å². The first-order chi connectivity index (χ1) is 9.16. The van der Waals surface area contributed by atoms with Gasteiger partial charge in [0.15, 0.2) is 0 Å². The van der Waals surface area contributed by atoms with E-state index in [0.29, 0.717) is 16.7 Å². The monoisotopic (exact) mass is 313 g/mol. The highest BCUT2D eigenvalue weighted by molar-refractivity contribution is 7.00. The third-order valence-corrected chi connectivity index (χ3v) is 4.04. The molecule has 0 saturated heterocycles. The lowest BCUT2D eigenvalue weighted by molar-refractivity contribution is 0.814. The van der Waals surface area contributed by atoms with E-state index >= 15 is 0 Å². The first-order valence-corrected chi connectivity index (χ1v) is 6.96. The van der Waals surface area contributed by atoms with Crippen LogP contribution in [0.3, 0.4) is 0 Å². The van der Waals surface area contributed by atoms with E-state index in [0.717, 1.165) is 34.3 Å². The van der Waals surface area contributed by atoms with Crippen molar-refractivity contribution < 1.29 is 0 Å². The minimum Gasteiger partial charge on any atom is -0.375 e. The highest BCUT2D eigenvalue weighted by Crippen LogP contribution is 2.30. The number of rotatable bonds is 3. The first kappa shape index (κ1) is 12.7. The number of hydrogen-bond acceptors (Lipinski definition) is 5. The van der Waals surface area contributed by atoms with Gasteiger partial charge in [-0.1, -0.05) is 23.2 Å². The fraction of sp³-hybridized carbons (Fsp3) is 0.182. The Morgan fingerprint density at radius 1 is 1.32 bits per heavy atom. The van der Waals surface area contributed by atoms with E-state index < -0.39 is 0 Å². The van der Waals surface area contributed by atoms with Crippen LogP contribution in [0.4, 0.5) is 5.69 Å². The van der Waals surface area contributed by atoms with Crippen molar-refractivity contribution in [1.82, 2.24) is 18.3 Å². The van der Waals surface area contributed by atoms with Gasteiger partial charge in [0, 0.05) is 7.05 Å². The molecule has 19 heavy (non-hydrogen) atoms. The zero-order chi connectivity index (χ0) is 13.4. The fourth-order valence-electron chi connectivity index (χ4n) is 1.75. The molecule has 0 aliphatic rings. The highest BCUT2D eigenvalue weighted by atomic mass is 35.5. The van der Waals surface area contributed by atoms with Gasteiger partial charge in [-0.2, -0.15) is 8.75 Å². The van der Waals surface area contributed by atoms with E-state index in [1.807, 2.05) is 17.7 Å². The van der Waals surface area contributed by atoms with Gasteiger partial charge in [0.25, 0.3) is 0 Å². The Labute approximate surface area is 123 Å². The van der Waals surface area contributed by atoms with Crippen molar-refractivity contribution in [2.45, 2.75) is 6.54 Å². The summed E-state index contributed by atoms with van der Waals surface area (Å²) in [5.74, 6) is 0.821. The maximum absolute atomic E-state index is 6.19. The summed E-state index contributed by atoms with van der Waals surface area (Å²) in [6.07, 6.45) is 1.62. The molecule has 3 aromatic rings. The molecule has 5 nitrogen and oxygen atoms in total. The number of aromatic nitrogens is 4. The molecule has 2 aromatic heterocycles. The summed E-state index contributed by atoms with van der Waals surface area (Å²) in [4.78, 5) is 4.22. The van der Waals surface area contributed by atoms with Crippen LogP contribution in [-0.2, 0) is 13.6 Å². The minimum absolute atomic E-state index is 0.513. The predicted molar refractivity (Wildman–Crippen MR) is 78.0 cm³/mol. The van der Waals surface area contributed by atoms with E-state index in [1.165, 1.54) is 0 Å². The average molecular weight is 314 g/mol. The second-order valence-electron chi connectivity index (χ2n) is 3.96. The minimum atomic E-state index is 0.513. The third kappa shape index (κ3) is 2.27. The zero-order valence-corrected chi connectivity index (χ0v) is 12.2. The Kier molecular flexibility index (Phi) is 3.30. The van der Waals surface area contributed by atoms with Crippen LogP contribution in [-0.4, -0.2) is 18.3 Å². The Morgan fingerprint density at radius 3 is 2.89 bits per heavy atom. The number of halogens is 2. The summed E-state index contributed by atoms with van der Waals surface area (Å²) in [6, 6.07) is 3.66.